The van der Waals surface area contributed by atoms with Gasteiger partial charge in [0.05, 0.1) is 13.2 Å². The van der Waals surface area contributed by atoms with Crippen LogP contribution >= 0.6 is 11.6 Å². The van der Waals surface area contributed by atoms with Crippen molar-refractivity contribution in [3.8, 4) is 5.75 Å². The highest BCUT2D eigenvalue weighted by atomic mass is 35.5. The van der Waals surface area contributed by atoms with Crippen molar-refractivity contribution < 1.29 is 19.0 Å². The number of hydrogen-bond donors (Lipinski definition) is 1. The van der Waals surface area contributed by atoms with Gasteiger partial charge in [-0.05, 0) is 37.1 Å². The average Bonchev–Trinajstić information content (AvgIpc) is 3.27. The Bertz CT molecular complexity index is 863. The summed E-state index contributed by atoms with van der Waals surface area (Å²) in [6, 6.07) is 8.87. The molecule has 0 aliphatic carbocycles. The number of ether oxygens (including phenoxy) is 3. The molecule has 2 aliphatic heterocycles. The van der Waals surface area contributed by atoms with Crippen LogP contribution in [0.5, 0.6) is 5.75 Å². The number of halogens is 1. The van der Waals surface area contributed by atoms with Crippen LogP contribution in [0.4, 0.5) is 0 Å². The maximum atomic E-state index is 12.7. The molecule has 4 rings (SSSR count). The SMILES string of the molecule is O=C(NCC1(CN2CCOCC2)CCOCC1)c1ccn(COc2cccc(Cl)c2)n1. The number of benzene rings is 1. The summed E-state index contributed by atoms with van der Waals surface area (Å²) in [5, 5.41) is 8.06. The zero-order valence-corrected chi connectivity index (χ0v) is 18.4. The number of nitrogens with one attached hydrogen (secondary N) is 1. The molecule has 31 heavy (non-hydrogen) atoms. The molecule has 0 unspecified atom stereocenters. The molecule has 2 aliphatic rings. The van der Waals surface area contributed by atoms with E-state index in [1.807, 2.05) is 12.1 Å². The van der Waals surface area contributed by atoms with E-state index in [2.05, 4.69) is 15.3 Å². The van der Waals surface area contributed by atoms with Gasteiger partial charge in [0, 0.05) is 56.0 Å². The van der Waals surface area contributed by atoms with Crippen LogP contribution in [-0.4, -0.2) is 73.2 Å². The monoisotopic (exact) mass is 448 g/mol. The zero-order chi connectivity index (χ0) is 21.5. The minimum Gasteiger partial charge on any atom is -0.471 e. The highest BCUT2D eigenvalue weighted by Gasteiger charge is 2.35. The van der Waals surface area contributed by atoms with Crippen molar-refractivity contribution in [1.82, 2.24) is 20.0 Å². The molecule has 1 aromatic carbocycles. The van der Waals surface area contributed by atoms with Gasteiger partial charge in [0.15, 0.2) is 6.73 Å². The van der Waals surface area contributed by atoms with Gasteiger partial charge in [-0.15, -0.1) is 0 Å². The molecule has 1 aromatic heterocycles. The van der Waals surface area contributed by atoms with E-state index in [1.54, 1.807) is 29.1 Å². The quantitative estimate of drug-likeness (QED) is 0.668. The maximum Gasteiger partial charge on any atom is 0.271 e. The first-order chi connectivity index (χ1) is 15.1. The Morgan fingerprint density at radius 1 is 1.16 bits per heavy atom. The summed E-state index contributed by atoms with van der Waals surface area (Å²) >= 11 is 5.97. The van der Waals surface area contributed by atoms with Crippen LogP contribution in [0.25, 0.3) is 0 Å². The number of carbonyl (C=O) groups excluding carboxylic acids is 1. The first-order valence-electron chi connectivity index (χ1n) is 10.7. The third-order valence-corrected chi connectivity index (χ3v) is 6.11. The van der Waals surface area contributed by atoms with Crippen molar-refractivity contribution in [1.29, 1.82) is 0 Å². The van der Waals surface area contributed by atoms with Gasteiger partial charge in [0.1, 0.15) is 11.4 Å². The second-order valence-electron chi connectivity index (χ2n) is 8.15. The summed E-state index contributed by atoms with van der Waals surface area (Å²) < 4.78 is 18.3. The molecule has 9 heteroatoms. The summed E-state index contributed by atoms with van der Waals surface area (Å²) in [5.74, 6) is 0.480. The van der Waals surface area contributed by atoms with Gasteiger partial charge in [-0.3, -0.25) is 9.69 Å². The van der Waals surface area contributed by atoms with E-state index in [1.165, 1.54) is 0 Å². The minimum absolute atomic E-state index is 0.0174. The Balaban J connectivity index is 1.31. The normalized spacial score (nSPS) is 19.1. The summed E-state index contributed by atoms with van der Waals surface area (Å²) in [5.41, 5.74) is 0.395. The fourth-order valence-electron chi connectivity index (χ4n) is 4.04. The molecule has 2 aromatic rings. The fourth-order valence-corrected chi connectivity index (χ4v) is 4.22. The molecule has 0 spiro atoms. The first-order valence-corrected chi connectivity index (χ1v) is 11.1. The summed E-state index contributed by atoms with van der Waals surface area (Å²) in [6.07, 6.45) is 3.61. The van der Waals surface area contributed by atoms with Crippen molar-refractivity contribution in [2.75, 3.05) is 52.6 Å². The van der Waals surface area contributed by atoms with Crippen LogP contribution in [0.2, 0.25) is 5.02 Å². The lowest BCUT2D eigenvalue weighted by molar-refractivity contribution is -0.0283. The Kier molecular flexibility index (Phi) is 7.45. The van der Waals surface area contributed by atoms with Gasteiger partial charge in [0.2, 0.25) is 0 Å². The van der Waals surface area contributed by atoms with Crippen LogP contribution < -0.4 is 10.1 Å². The molecule has 8 nitrogen and oxygen atoms in total. The Hall–Kier alpha value is -2.13. The smallest absolute Gasteiger partial charge is 0.271 e. The van der Waals surface area contributed by atoms with E-state index < -0.39 is 0 Å². The Morgan fingerprint density at radius 2 is 1.94 bits per heavy atom. The second-order valence-corrected chi connectivity index (χ2v) is 8.59. The topological polar surface area (TPSA) is 77.9 Å². The van der Waals surface area contributed by atoms with Crippen LogP contribution in [0.1, 0.15) is 23.3 Å². The van der Waals surface area contributed by atoms with E-state index in [-0.39, 0.29) is 18.1 Å². The summed E-state index contributed by atoms with van der Waals surface area (Å²) in [4.78, 5) is 15.2. The molecule has 2 saturated heterocycles. The molecule has 0 atom stereocenters. The van der Waals surface area contributed by atoms with E-state index in [0.29, 0.717) is 23.0 Å². The number of carbonyl (C=O) groups is 1. The largest absolute Gasteiger partial charge is 0.471 e. The Morgan fingerprint density at radius 3 is 2.71 bits per heavy atom. The molecule has 3 heterocycles. The molecule has 0 bridgehead atoms. The summed E-state index contributed by atoms with van der Waals surface area (Å²) in [6.45, 7) is 6.64. The average molecular weight is 449 g/mol. The predicted octanol–water partition coefficient (Wildman–Crippen LogP) is 2.43. The second kappa shape index (κ2) is 10.5. The minimum atomic E-state index is -0.172. The predicted molar refractivity (Wildman–Crippen MR) is 116 cm³/mol. The molecule has 168 valence electrons. The fraction of sp³-hybridized carbons (Fsp3) is 0.545. The first kappa shape index (κ1) is 22.1. The van der Waals surface area contributed by atoms with E-state index in [4.69, 9.17) is 25.8 Å². The van der Waals surface area contributed by atoms with Crippen molar-refractivity contribution in [3.05, 3.63) is 47.2 Å². The van der Waals surface area contributed by atoms with Gasteiger partial charge >= 0.3 is 0 Å². The number of morpholine rings is 1. The summed E-state index contributed by atoms with van der Waals surface area (Å²) in [7, 11) is 0. The molecular formula is C22H29ClN4O4. The van der Waals surface area contributed by atoms with Crippen LogP contribution in [0.15, 0.2) is 36.5 Å². The third kappa shape index (κ3) is 6.20. The maximum absolute atomic E-state index is 12.7. The van der Waals surface area contributed by atoms with Crippen LogP contribution in [0, 0.1) is 5.41 Å². The van der Waals surface area contributed by atoms with E-state index in [0.717, 1.165) is 58.9 Å². The number of amides is 1. The van der Waals surface area contributed by atoms with Crippen LogP contribution in [-0.2, 0) is 16.2 Å². The number of aromatic nitrogens is 2. The van der Waals surface area contributed by atoms with Crippen molar-refractivity contribution in [2.45, 2.75) is 19.6 Å². The van der Waals surface area contributed by atoms with Crippen molar-refractivity contribution in [3.63, 3.8) is 0 Å². The molecule has 1 N–H and O–H groups in total. The van der Waals surface area contributed by atoms with Crippen LogP contribution in [0.3, 0.4) is 0 Å². The van der Waals surface area contributed by atoms with Gasteiger partial charge in [-0.25, -0.2) is 4.68 Å². The number of nitrogens with zero attached hydrogens (tertiary/aromatic N) is 3. The number of hydrogen-bond acceptors (Lipinski definition) is 6. The van der Waals surface area contributed by atoms with Gasteiger partial charge in [0.25, 0.3) is 5.91 Å². The zero-order valence-electron chi connectivity index (χ0n) is 17.6. The highest BCUT2D eigenvalue weighted by molar-refractivity contribution is 6.30. The molecule has 1 amide bonds. The van der Waals surface area contributed by atoms with E-state index >= 15 is 0 Å². The molecule has 0 radical (unpaired) electrons. The molecule has 0 saturated carbocycles. The van der Waals surface area contributed by atoms with E-state index in [9.17, 15) is 4.79 Å². The molecular weight excluding hydrogens is 420 g/mol. The van der Waals surface area contributed by atoms with Crippen molar-refractivity contribution in [2.24, 2.45) is 5.41 Å². The lowest BCUT2D eigenvalue weighted by Gasteiger charge is -2.42. The Labute approximate surface area is 187 Å². The van der Waals surface area contributed by atoms with Gasteiger partial charge < -0.3 is 19.5 Å². The van der Waals surface area contributed by atoms with Crippen molar-refractivity contribution >= 4 is 17.5 Å². The third-order valence-electron chi connectivity index (χ3n) is 5.87. The highest BCUT2D eigenvalue weighted by Crippen LogP contribution is 2.31. The number of rotatable bonds is 8. The molecule has 2 fully saturated rings. The van der Waals surface area contributed by atoms with Gasteiger partial charge in [-0.2, -0.15) is 5.10 Å². The lowest BCUT2D eigenvalue weighted by atomic mass is 9.79. The standard InChI is InChI=1S/C22H29ClN4O4/c23-18-2-1-3-19(14-18)31-17-27-7-4-20(25-27)21(28)24-15-22(5-10-29-11-6-22)16-26-8-12-30-13-9-26/h1-4,7,14H,5-6,8-13,15-17H2,(H,24,28). The van der Waals surface area contributed by atoms with Gasteiger partial charge in [-0.1, -0.05) is 17.7 Å². The lowest BCUT2D eigenvalue weighted by Crippen LogP contribution is -2.50.